The van der Waals surface area contributed by atoms with Gasteiger partial charge in [-0.1, -0.05) is 47.1 Å². The van der Waals surface area contributed by atoms with Crippen LogP contribution in [-0.2, 0) is 19.6 Å². The third-order valence-corrected chi connectivity index (χ3v) is 7.36. The van der Waals surface area contributed by atoms with Crippen molar-refractivity contribution < 1.29 is 9.32 Å². The quantitative estimate of drug-likeness (QED) is 0.440. The Morgan fingerprint density at radius 1 is 1.09 bits per heavy atom. The summed E-state index contributed by atoms with van der Waals surface area (Å²) in [7, 11) is 0. The molecule has 4 aromatic rings. The average Bonchev–Trinajstić information content (AvgIpc) is 3.62. The molecule has 170 valence electrons. The van der Waals surface area contributed by atoms with Gasteiger partial charge in [-0.3, -0.25) is 14.3 Å². The van der Waals surface area contributed by atoms with E-state index in [-0.39, 0.29) is 11.9 Å². The molecule has 9 heteroatoms. The molecule has 8 nitrogen and oxygen atoms in total. The zero-order chi connectivity index (χ0) is 22.8. The average molecular weight is 473 g/mol. The first kappa shape index (κ1) is 19.9. The van der Waals surface area contributed by atoms with Gasteiger partial charge in [0.2, 0.25) is 0 Å². The number of aromatic nitrogens is 4. The van der Waals surface area contributed by atoms with Crippen LogP contribution in [0.3, 0.4) is 0 Å². The van der Waals surface area contributed by atoms with Crippen molar-refractivity contribution in [2.45, 2.75) is 38.5 Å². The Bertz CT molecular complexity index is 1420. The largest absolute Gasteiger partial charge is 0.332 e. The molecule has 1 amide bonds. The van der Waals surface area contributed by atoms with Gasteiger partial charge in [-0.2, -0.15) is 4.98 Å². The molecule has 0 bridgehead atoms. The normalized spacial score (nSPS) is 19.0. The zero-order valence-electron chi connectivity index (χ0n) is 18.3. The van der Waals surface area contributed by atoms with E-state index in [0.29, 0.717) is 41.1 Å². The molecule has 2 aromatic heterocycles. The summed E-state index contributed by atoms with van der Waals surface area (Å²) in [5.41, 5.74) is 5.45. The molecule has 0 unspecified atom stereocenters. The third kappa shape index (κ3) is 2.95. The summed E-state index contributed by atoms with van der Waals surface area (Å²) in [4.78, 5) is 27.0. The van der Waals surface area contributed by atoms with E-state index in [0.717, 1.165) is 37.3 Å². The fourth-order valence-electron chi connectivity index (χ4n) is 5.53. The van der Waals surface area contributed by atoms with Gasteiger partial charge in [-0.05, 0) is 36.1 Å². The van der Waals surface area contributed by atoms with Crippen molar-refractivity contribution in [3.63, 3.8) is 0 Å². The first-order valence-electron chi connectivity index (χ1n) is 11.5. The van der Waals surface area contributed by atoms with Gasteiger partial charge in [0.05, 0.1) is 34.6 Å². The molecule has 7 rings (SSSR count). The Morgan fingerprint density at radius 3 is 2.74 bits per heavy atom. The lowest BCUT2D eigenvalue weighted by molar-refractivity contribution is 0.0739. The smallest absolute Gasteiger partial charge is 0.278 e. The highest BCUT2D eigenvalue weighted by Gasteiger charge is 2.40. The number of carbonyl (C=O) groups excluding carboxylic acids is 1. The second-order valence-corrected chi connectivity index (χ2v) is 9.48. The van der Waals surface area contributed by atoms with E-state index in [9.17, 15) is 4.79 Å². The predicted molar refractivity (Wildman–Crippen MR) is 124 cm³/mol. The van der Waals surface area contributed by atoms with Crippen molar-refractivity contribution in [3.05, 3.63) is 82.0 Å². The number of imidazole rings is 1. The molecule has 1 saturated heterocycles. The molecule has 3 aliphatic heterocycles. The summed E-state index contributed by atoms with van der Waals surface area (Å²) in [6.07, 6.45) is 3.50. The Labute approximate surface area is 200 Å². The number of nitrogens with zero attached hydrogens (tertiary/aromatic N) is 6. The summed E-state index contributed by atoms with van der Waals surface area (Å²) < 4.78 is 7.66. The lowest BCUT2D eigenvalue weighted by Crippen LogP contribution is -2.29. The van der Waals surface area contributed by atoms with Crippen molar-refractivity contribution in [2.75, 3.05) is 6.54 Å². The van der Waals surface area contributed by atoms with Gasteiger partial charge in [0.1, 0.15) is 6.33 Å². The number of hydrogen-bond acceptors (Lipinski definition) is 6. The monoisotopic (exact) mass is 472 g/mol. The minimum absolute atomic E-state index is 0.0439. The van der Waals surface area contributed by atoms with Crippen molar-refractivity contribution in [1.82, 2.24) is 29.5 Å². The lowest BCUT2D eigenvalue weighted by atomic mass is 10.1. The molecular weight excluding hydrogens is 452 g/mol. The molecule has 0 N–H and O–H groups in total. The predicted octanol–water partition coefficient (Wildman–Crippen LogP) is 4.38. The molecule has 5 heterocycles. The fraction of sp³-hybridized carbons (Fsp3) is 0.280. The number of halogens is 1. The van der Waals surface area contributed by atoms with Gasteiger partial charge in [0.25, 0.3) is 11.8 Å². The van der Waals surface area contributed by atoms with Crippen LogP contribution in [0.4, 0.5) is 0 Å². The molecular formula is C25H21ClN6O2. The first-order chi connectivity index (χ1) is 16.7. The minimum Gasteiger partial charge on any atom is -0.332 e. The van der Waals surface area contributed by atoms with Crippen molar-refractivity contribution >= 4 is 17.5 Å². The third-order valence-electron chi connectivity index (χ3n) is 7.04. The second-order valence-electron chi connectivity index (χ2n) is 9.07. The fourth-order valence-corrected chi connectivity index (χ4v) is 5.78. The van der Waals surface area contributed by atoms with Gasteiger partial charge in [-0.15, -0.1) is 0 Å². The van der Waals surface area contributed by atoms with E-state index in [4.69, 9.17) is 21.1 Å². The summed E-state index contributed by atoms with van der Waals surface area (Å²) in [6, 6.07) is 13.9. The van der Waals surface area contributed by atoms with Gasteiger partial charge >= 0.3 is 0 Å². The van der Waals surface area contributed by atoms with Gasteiger partial charge in [-0.25, -0.2) is 4.98 Å². The van der Waals surface area contributed by atoms with Crippen LogP contribution < -0.4 is 0 Å². The summed E-state index contributed by atoms with van der Waals surface area (Å²) in [6.45, 7) is 3.03. The van der Waals surface area contributed by atoms with Gasteiger partial charge in [0, 0.05) is 19.6 Å². The Kier molecular flexibility index (Phi) is 4.40. The van der Waals surface area contributed by atoms with Crippen LogP contribution in [0.1, 0.15) is 51.9 Å². The van der Waals surface area contributed by atoms with Crippen molar-refractivity contribution in [1.29, 1.82) is 0 Å². The van der Waals surface area contributed by atoms with Crippen LogP contribution in [0.25, 0.3) is 17.3 Å². The second kappa shape index (κ2) is 7.51. The topological polar surface area (TPSA) is 80.3 Å². The SMILES string of the molecule is O=C1c2c(Cl)cccc2-n2cnc(-c3nc(CN4Cc5ccccc5C4)no3)c2[C@@H]2CCCN12. The van der Waals surface area contributed by atoms with E-state index in [1.165, 1.54) is 11.1 Å². The maximum atomic E-state index is 13.4. The molecule has 0 radical (unpaired) electrons. The maximum Gasteiger partial charge on any atom is 0.278 e. The Hall–Kier alpha value is -3.49. The first-order valence-corrected chi connectivity index (χ1v) is 11.8. The summed E-state index contributed by atoms with van der Waals surface area (Å²) in [5.74, 6) is 0.962. The summed E-state index contributed by atoms with van der Waals surface area (Å²) >= 11 is 6.48. The van der Waals surface area contributed by atoms with Crippen LogP contribution in [-0.4, -0.2) is 41.9 Å². The summed E-state index contributed by atoms with van der Waals surface area (Å²) in [5, 5.41) is 4.70. The number of carbonyl (C=O) groups is 1. The molecule has 34 heavy (non-hydrogen) atoms. The molecule has 2 aromatic carbocycles. The molecule has 0 aliphatic carbocycles. The maximum absolute atomic E-state index is 13.4. The van der Waals surface area contributed by atoms with Crippen LogP contribution in [0.15, 0.2) is 53.3 Å². The molecule has 3 aliphatic rings. The highest BCUT2D eigenvalue weighted by Crippen LogP contribution is 2.43. The molecule has 1 fully saturated rings. The van der Waals surface area contributed by atoms with Crippen molar-refractivity contribution in [3.8, 4) is 17.3 Å². The highest BCUT2D eigenvalue weighted by atomic mass is 35.5. The van der Waals surface area contributed by atoms with Crippen LogP contribution in [0.2, 0.25) is 5.02 Å². The molecule has 0 spiro atoms. The number of rotatable bonds is 3. The van der Waals surface area contributed by atoms with E-state index in [1.54, 1.807) is 12.4 Å². The van der Waals surface area contributed by atoms with E-state index < -0.39 is 0 Å². The number of fused-ring (bicyclic) bond motifs is 6. The lowest BCUT2D eigenvalue weighted by Gasteiger charge is -2.22. The Morgan fingerprint density at radius 2 is 1.91 bits per heavy atom. The van der Waals surface area contributed by atoms with Gasteiger partial charge in [0.15, 0.2) is 11.5 Å². The highest BCUT2D eigenvalue weighted by molar-refractivity contribution is 6.34. The van der Waals surface area contributed by atoms with E-state index in [1.807, 2.05) is 21.6 Å². The molecule has 0 saturated carbocycles. The number of hydrogen-bond donors (Lipinski definition) is 0. The minimum atomic E-state index is -0.114. The zero-order valence-corrected chi connectivity index (χ0v) is 19.1. The van der Waals surface area contributed by atoms with Crippen LogP contribution >= 0.6 is 11.6 Å². The van der Waals surface area contributed by atoms with Crippen molar-refractivity contribution in [2.24, 2.45) is 0 Å². The molecule has 1 atom stereocenters. The number of benzene rings is 2. The Balaban J connectivity index is 1.26. The van der Waals surface area contributed by atoms with Crippen LogP contribution in [0, 0.1) is 0 Å². The van der Waals surface area contributed by atoms with Gasteiger partial charge < -0.3 is 9.42 Å². The van der Waals surface area contributed by atoms with E-state index in [2.05, 4.69) is 39.3 Å². The number of amides is 1. The van der Waals surface area contributed by atoms with E-state index >= 15 is 0 Å². The van der Waals surface area contributed by atoms with Crippen LogP contribution in [0.5, 0.6) is 0 Å². The standard InChI is InChI=1S/C25H21ClN6O2/c26-17-7-3-8-18-21(17)25(33)31-10-4-9-19(31)23-22(27-14-32(18)23)24-28-20(29-34-24)13-30-11-15-5-1-2-6-16(15)12-30/h1-3,5-8,14,19H,4,9-13H2/t19-/m0/s1.